The maximum atomic E-state index is 12.6. The maximum Gasteiger partial charge on any atom is 0.227 e. The van der Waals surface area contributed by atoms with Gasteiger partial charge < -0.3 is 15.1 Å². The summed E-state index contributed by atoms with van der Waals surface area (Å²) in [5.74, 6) is 1.68. The Morgan fingerprint density at radius 3 is 2.81 bits per heavy atom. The Balaban J connectivity index is 1.37. The van der Waals surface area contributed by atoms with E-state index in [-0.39, 0.29) is 23.3 Å². The monoisotopic (exact) mass is 389 g/mol. The van der Waals surface area contributed by atoms with Crippen LogP contribution in [0.2, 0.25) is 0 Å². The highest BCUT2D eigenvalue weighted by atomic mass is 32.1. The van der Waals surface area contributed by atoms with Crippen LogP contribution in [0.1, 0.15) is 38.7 Å². The second-order valence-corrected chi connectivity index (χ2v) is 9.56. The van der Waals surface area contributed by atoms with Crippen LogP contribution in [0.15, 0.2) is 16.8 Å². The van der Waals surface area contributed by atoms with Gasteiger partial charge in [-0.2, -0.15) is 11.3 Å². The van der Waals surface area contributed by atoms with Gasteiger partial charge in [-0.15, -0.1) is 0 Å². The quantitative estimate of drug-likeness (QED) is 0.841. The minimum Gasteiger partial charge on any atom is -0.350 e. The second-order valence-electron chi connectivity index (χ2n) is 8.78. The average Bonchev–Trinajstić information content (AvgIpc) is 3.36. The lowest BCUT2D eigenvalue weighted by Gasteiger charge is -2.43. The molecule has 3 atom stereocenters. The van der Waals surface area contributed by atoms with Crippen LogP contribution in [-0.4, -0.2) is 59.9 Å². The summed E-state index contributed by atoms with van der Waals surface area (Å²) in [6, 6.07) is 2.03. The van der Waals surface area contributed by atoms with Gasteiger partial charge in [-0.25, -0.2) is 0 Å². The molecular formula is C21H31N3O2S. The van der Waals surface area contributed by atoms with Crippen LogP contribution in [0, 0.1) is 17.8 Å². The number of hydrogen-bond acceptors (Lipinski definition) is 4. The Labute approximate surface area is 166 Å². The predicted octanol–water partition coefficient (Wildman–Crippen LogP) is 2.38. The van der Waals surface area contributed by atoms with Gasteiger partial charge in [0.1, 0.15) is 0 Å². The molecule has 4 rings (SSSR count). The summed E-state index contributed by atoms with van der Waals surface area (Å²) in [6.07, 6.45) is 3.47. The zero-order valence-electron chi connectivity index (χ0n) is 16.4. The number of fused-ring (bicyclic) bond motifs is 2. The van der Waals surface area contributed by atoms with Crippen LogP contribution < -0.4 is 5.32 Å². The third-order valence-corrected chi connectivity index (χ3v) is 7.76. The molecule has 1 N–H and O–H groups in total. The minimum absolute atomic E-state index is 0.0921. The molecule has 6 heteroatoms. The van der Waals surface area contributed by atoms with Crippen molar-refractivity contribution in [1.29, 1.82) is 0 Å². The highest BCUT2D eigenvalue weighted by Gasteiger charge is 2.57. The molecule has 0 unspecified atom stereocenters. The number of carbonyl (C=O) groups is 2. The average molecular weight is 390 g/mol. The number of hydrogen-bond donors (Lipinski definition) is 1. The van der Waals surface area contributed by atoms with E-state index in [1.54, 1.807) is 11.3 Å². The highest BCUT2D eigenvalue weighted by Crippen LogP contribution is 2.44. The van der Waals surface area contributed by atoms with Gasteiger partial charge in [0, 0.05) is 44.2 Å². The van der Waals surface area contributed by atoms with Crippen molar-refractivity contribution in [3.05, 3.63) is 22.4 Å². The number of piperidine rings is 1. The molecule has 148 valence electrons. The van der Waals surface area contributed by atoms with Crippen molar-refractivity contribution >= 4 is 23.2 Å². The van der Waals surface area contributed by atoms with Crippen LogP contribution in [0.3, 0.4) is 0 Å². The zero-order valence-corrected chi connectivity index (χ0v) is 17.3. The number of nitrogens with one attached hydrogen (secondary N) is 1. The summed E-state index contributed by atoms with van der Waals surface area (Å²) in [4.78, 5) is 29.7. The first-order chi connectivity index (χ1) is 13.0. The molecule has 2 amide bonds. The normalized spacial score (nSPS) is 28.4. The first-order valence-corrected chi connectivity index (χ1v) is 11.3. The highest BCUT2D eigenvalue weighted by molar-refractivity contribution is 7.08. The third kappa shape index (κ3) is 3.66. The van der Waals surface area contributed by atoms with Gasteiger partial charge in [-0.3, -0.25) is 9.59 Å². The topological polar surface area (TPSA) is 52.7 Å². The van der Waals surface area contributed by atoms with Crippen molar-refractivity contribution < 1.29 is 9.59 Å². The fraction of sp³-hybridized carbons (Fsp3) is 0.714. The van der Waals surface area contributed by atoms with Gasteiger partial charge in [0.2, 0.25) is 11.8 Å². The second kappa shape index (κ2) is 7.55. The van der Waals surface area contributed by atoms with Crippen molar-refractivity contribution in [1.82, 2.24) is 15.1 Å². The van der Waals surface area contributed by atoms with Crippen molar-refractivity contribution in [3.8, 4) is 0 Å². The Hall–Kier alpha value is -1.40. The van der Waals surface area contributed by atoms with E-state index in [1.165, 1.54) is 6.42 Å². The van der Waals surface area contributed by atoms with E-state index in [0.717, 1.165) is 51.1 Å². The van der Waals surface area contributed by atoms with E-state index in [2.05, 4.69) is 29.4 Å². The zero-order chi connectivity index (χ0) is 19.0. The van der Waals surface area contributed by atoms with Crippen LogP contribution in [0.25, 0.3) is 0 Å². The van der Waals surface area contributed by atoms with Crippen LogP contribution in [-0.2, 0) is 16.0 Å². The Morgan fingerprint density at radius 1 is 1.37 bits per heavy atom. The number of carbonyl (C=O) groups excluding carboxylic acids is 2. The molecule has 0 radical (unpaired) electrons. The van der Waals surface area contributed by atoms with Crippen molar-refractivity contribution in [2.75, 3.05) is 32.7 Å². The first-order valence-electron chi connectivity index (χ1n) is 10.3. The lowest BCUT2D eigenvalue weighted by Crippen LogP contribution is -2.56. The number of rotatable bonds is 5. The molecule has 27 heavy (non-hydrogen) atoms. The number of likely N-dealkylation sites (tertiary alicyclic amines) is 2. The summed E-state index contributed by atoms with van der Waals surface area (Å²) in [7, 11) is 0. The predicted molar refractivity (Wildman–Crippen MR) is 108 cm³/mol. The van der Waals surface area contributed by atoms with E-state index in [4.69, 9.17) is 0 Å². The number of amides is 2. The molecule has 1 aromatic heterocycles. The maximum absolute atomic E-state index is 12.6. The summed E-state index contributed by atoms with van der Waals surface area (Å²) in [5, 5.41) is 7.43. The van der Waals surface area contributed by atoms with Crippen LogP contribution in [0.5, 0.6) is 0 Å². The lowest BCUT2D eigenvalue weighted by molar-refractivity contribution is -0.132. The molecule has 0 aromatic carbocycles. The largest absolute Gasteiger partial charge is 0.350 e. The SMILES string of the molecule is CC[C@@H](C)CN1C[C@H]2C(=O)NC3(CCN(C(=O)Cc4ccsc4)CC3)[C@H]2C1. The Morgan fingerprint density at radius 2 is 2.15 bits per heavy atom. The van der Waals surface area contributed by atoms with Gasteiger partial charge in [0.05, 0.1) is 12.3 Å². The molecule has 0 saturated carbocycles. The lowest BCUT2D eigenvalue weighted by atomic mass is 9.75. The molecule has 0 bridgehead atoms. The van der Waals surface area contributed by atoms with Crippen molar-refractivity contribution in [3.63, 3.8) is 0 Å². The van der Waals surface area contributed by atoms with Crippen LogP contribution >= 0.6 is 11.3 Å². The molecule has 5 nitrogen and oxygen atoms in total. The summed E-state index contributed by atoms with van der Waals surface area (Å²) in [6.45, 7) is 9.08. The fourth-order valence-electron chi connectivity index (χ4n) is 5.19. The van der Waals surface area contributed by atoms with Gasteiger partial charge >= 0.3 is 0 Å². The number of nitrogens with zero attached hydrogens (tertiary/aromatic N) is 2. The molecule has 3 aliphatic heterocycles. The fourth-order valence-corrected chi connectivity index (χ4v) is 5.86. The van der Waals surface area contributed by atoms with E-state index in [0.29, 0.717) is 18.3 Å². The van der Waals surface area contributed by atoms with E-state index < -0.39 is 0 Å². The van der Waals surface area contributed by atoms with Crippen molar-refractivity contribution in [2.45, 2.75) is 45.1 Å². The van der Waals surface area contributed by atoms with Crippen molar-refractivity contribution in [2.24, 2.45) is 17.8 Å². The minimum atomic E-state index is -0.0921. The molecule has 0 aliphatic carbocycles. The van der Waals surface area contributed by atoms with Gasteiger partial charge in [-0.05, 0) is 41.1 Å². The standard InChI is InChI=1S/C21H31N3O2S/c1-3-15(2)11-23-12-17-18(13-23)21(22-20(17)26)5-7-24(8-6-21)19(25)10-16-4-9-27-14-16/h4,9,14-15,17-18H,3,5-8,10-13H2,1-2H3,(H,22,26)/t15-,17-,18+/m1/s1. The smallest absolute Gasteiger partial charge is 0.227 e. The molecule has 3 saturated heterocycles. The third-order valence-electron chi connectivity index (χ3n) is 7.02. The Bertz CT molecular complexity index is 682. The molecule has 1 spiro atoms. The van der Waals surface area contributed by atoms with Gasteiger partial charge in [0.25, 0.3) is 0 Å². The molecule has 1 aromatic rings. The molecule has 4 heterocycles. The van der Waals surface area contributed by atoms with Gasteiger partial charge in [0.15, 0.2) is 0 Å². The molecule has 3 fully saturated rings. The van der Waals surface area contributed by atoms with Crippen LogP contribution in [0.4, 0.5) is 0 Å². The van der Waals surface area contributed by atoms with E-state index in [9.17, 15) is 9.59 Å². The number of thiophene rings is 1. The van der Waals surface area contributed by atoms with E-state index in [1.807, 2.05) is 16.3 Å². The van der Waals surface area contributed by atoms with Gasteiger partial charge in [-0.1, -0.05) is 20.3 Å². The molecular weight excluding hydrogens is 358 g/mol. The van der Waals surface area contributed by atoms with E-state index >= 15 is 0 Å². The summed E-state index contributed by atoms with van der Waals surface area (Å²) < 4.78 is 0. The first kappa shape index (κ1) is 18.9. The summed E-state index contributed by atoms with van der Waals surface area (Å²) >= 11 is 1.64. The molecule has 3 aliphatic rings. The Kier molecular flexibility index (Phi) is 5.30. The summed E-state index contributed by atoms with van der Waals surface area (Å²) in [5.41, 5.74) is 1.02.